The summed E-state index contributed by atoms with van der Waals surface area (Å²) in [5.74, 6) is -0.546. The number of aliphatic hydroxyl groups excluding tert-OH is 1. The van der Waals surface area contributed by atoms with Crippen LogP contribution in [0.2, 0.25) is 0 Å². The Balaban J connectivity index is 1.62. The molecule has 1 aromatic heterocycles. The molecular weight excluding hydrogens is 453 g/mol. The highest BCUT2D eigenvalue weighted by Gasteiger charge is 2.31. The molecule has 0 aliphatic carbocycles. The summed E-state index contributed by atoms with van der Waals surface area (Å²) in [7, 11) is 0. The maximum Gasteiger partial charge on any atom is 0.416 e. The number of hydrogen-bond donors (Lipinski definition) is 3. The van der Waals surface area contributed by atoms with Gasteiger partial charge in [0, 0.05) is 18.5 Å². The van der Waals surface area contributed by atoms with Crippen LogP contribution in [0, 0.1) is 6.92 Å². The first kappa shape index (κ1) is 23.4. The van der Waals surface area contributed by atoms with Gasteiger partial charge in [0.25, 0.3) is 11.5 Å². The van der Waals surface area contributed by atoms with Crippen LogP contribution in [-0.2, 0) is 17.5 Å². The molecule has 1 saturated heterocycles. The Kier molecular flexibility index (Phi) is 6.13. The first-order valence-corrected chi connectivity index (χ1v) is 10.5. The molecule has 2 atom stereocenters. The van der Waals surface area contributed by atoms with Gasteiger partial charge in [-0.2, -0.15) is 13.2 Å². The van der Waals surface area contributed by atoms with Crippen molar-refractivity contribution in [2.45, 2.75) is 44.8 Å². The second-order valence-corrected chi connectivity index (χ2v) is 8.02. The topological polar surface area (TPSA) is 113 Å². The van der Waals surface area contributed by atoms with Gasteiger partial charge in [-0.3, -0.25) is 19.0 Å². The van der Waals surface area contributed by atoms with Crippen LogP contribution in [0.15, 0.2) is 47.3 Å². The molecule has 1 aliphatic rings. The molecule has 0 saturated carbocycles. The molecule has 0 bridgehead atoms. The molecule has 2 heterocycles. The molecular formula is C23H21F3N4O4. The summed E-state index contributed by atoms with van der Waals surface area (Å²) >= 11 is 0. The first-order chi connectivity index (χ1) is 16.1. The zero-order chi connectivity index (χ0) is 24.6. The Morgan fingerprint density at radius 1 is 1.21 bits per heavy atom. The van der Waals surface area contributed by atoms with E-state index in [0.29, 0.717) is 16.9 Å². The van der Waals surface area contributed by atoms with E-state index < -0.39 is 35.5 Å². The lowest BCUT2D eigenvalue weighted by atomic mass is 10.0. The van der Waals surface area contributed by atoms with Gasteiger partial charge in [0.1, 0.15) is 12.1 Å². The second kappa shape index (κ2) is 8.90. The number of aryl methyl sites for hydroxylation is 1. The number of nitrogens with one attached hydrogen (secondary N) is 2. The van der Waals surface area contributed by atoms with Crippen molar-refractivity contribution in [1.29, 1.82) is 0 Å². The molecule has 2 unspecified atom stereocenters. The fraction of sp³-hybridized carbons (Fsp3) is 0.304. The van der Waals surface area contributed by atoms with E-state index in [1.165, 1.54) is 4.57 Å². The van der Waals surface area contributed by atoms with Gasteiger partial charge in [0.15, 0.2) is 0 Å². The molecule has 34 heavy (non-hydrogen) atoms. The lowest BCUT2D eigenvalue weighted by Crippen LogP contribution is -2.48. The predicted molar refractivity (Wildman–Crippen MR) is 116 cm³/mol. The number of carbonyl (C=O) groups excluding carboxylic acids is 2. The number of piperidine rings is 1. The lowest BCUT2D eigenvalue weighted by molar-refractivity contribution is -0.137. The minimum atomic E-state index is -4.50. The highest BCUT2D eigenvalue weighted by Crippen LogP contribution is 2.29. The monoisotopic (exact) mass is 474 g/mol. The van der Waals surface area contributed by atoms with Crippen molar-refractivity contribution in [2.75, 3.05) is 0 Å². The number of fused-ring (bicyclic) bond motifs is 1. The van der Waals surface area contributed by atoms with E-state index in [-0.39, 0.29) is 36.2 Å². The number of carbonyl (C=O) groups is 2. The van der Waals surface area contributed by atoms with Crippen LogP contribution in [0.5, 0.6) is 0 Å². The standard InChI is InChI=1S/C23H21F3N4O4/c1-12-28-16-4-2-3-14(11-27-20(32)13-5-7-15(8-6-13)23(24,25)26)19(16)22(34)30(12)17-9-10-18(31)29-21(17)33/h2-8,17,21,33H,9-11H2,1H3,(H,27,32)(H,29,31). The third kappa shape index (κ3) is 4.51. The molecule has 1 aliphatic heterocycles. The van der Waals surface area contributed by atoms with Crippen LogP contribution < -0.4 is 16.2 Å². The molecule has 3 N–H and O–H groups in total. The van der Waals surface area contributed by atoms with Crippen LogP contribution in [0.3, 0.4) is 0 Å². The van der Waals surface area contributed by atoms with Gasteiger partial charge in [0.2, 0.25) is 5.91 Å². The predicted octanol–water partition coefficient (Wildman–Crippen LogP) is 2.42. The summed E-state index contributed by atoms with van der Waals surface area (Å²) in [5, 5.41) is 15.6. The van der Waals surface area contributed by atoms with E-state index in [4.69, 9.17) is 0 Å². The van der Waals surface area contributed by atoms with Gasteiger partial charge in [-0.25, -0.2) is 4.98 Å². The maximum atomic E-state index is 13.4. The van der Waals surface area contributed by atoms with Crippen molar-refractivity contribution < 1.29 is 27.9 Å². The van der Waals surface area contributed by atoms with Crippen LogP contribution >= 0.6 is 0 Å². The van der Waals surface area contributed by atoms with Crippen molar-refractivity contribution in [3.63, 3.8) is 0 Å². The van der Waals surface area contributed by atoms with E-state index in [2.05, 4.69) is 15.6 Å². The molecule has 2 amide bonds. The van der Waals surface area contributed by atoms with Crippen molar-refractivity contribution in [1.82, 2.24) is 20.2 Å². The quantitative estimate of drug-likeness (QED) is 0.538. The molecule has 178 valence electrons. The van der Waals surface area contributed by atoms with Gasteiger partial charge in [0.05, 0.1) is 22.5 Å². The summed E-state index contributed by atoms with van der Waals surface area (Å²) in [5.41, 5.74) is -0.392. The van der Waals surface area contributed by atoms with Gasteiger partial charge < -0.3 is 15.7 Å². The molecule has 1 fully saturated rings. The van der Waals surface area contributed by atoms with Gasteiger partial charge in [-0.05, 0) is 49.2 Å². The Labute approximate surface area is 191 Å². The number of alkyl halides is 3. The molecule has 0 spiro atoms. The molecule has 11 heteroatoms. The van der Waals surface area contributed by atoms with E-state index in [9.17, 15) is 32.7 Å². The normalized spacial score (nSPS) is 18.6. The first-order valence-electron chi connectivity index (χ1n) is 10.5. The molecule has 0 radical (unpaired) electrons. The highest BCUT2D eigenvalue weighted by atomic mass is 19.4. The second-order valence-electron chi connectivity index (χ2n) is 8.02. The SMILES string of the molecule is Cc1nc2cccc(CNC(=O)c3ccc(C(F)(F)F)cc3)c2c(=O)n1C1CCC(=O)NC1O. The maximum absolute atomic E-state index is 13.4. The largest absolute Gasteiger partial charge is 0.416 e. The minimum absolute atomic E-state index is 0.0423. The van der Waals surface area contributed by atoms with E-state index in [0.717, 1.165) is 24.3 Å². The number of benzene rings is 2. The summed E-state index contributed by atoms with van der Waals surface area (Å²) in [6.45, 7) is 1.56. The smallest absolute Gasteiger partial charge is 0.372 e. The van der Waals surface area contributed by atoms with E-state index in [1.807, 2.05) is 0 Å². The lowest BCUT2D eigenvalue weighted by Gasteiger charge is -2.31. The Morgan fingerprint density at radius 2 is 1.91 bits per heavy atom. The van der Waals surface area contributed by atoms with Crippen LogP contribution in [-0.4, -0.2) is 32.7 Å². The molecule has 3 aromatic rings. The van der Waals surface area contributed by atoms with Crippen molar-refractivity contribution in [2.24, 2.45) is 0 Å². The van der Waals surface area contributed by atoms with Crippen molar-refractivity contribution in [3.05, 3.63) is 75.3 Å². The van der Waals surface area contributed by atoms with Crippen LogP contribution in [0.1, 0.15) is 46.2 Å². The average molecular weight is 474 g/mol. The Hall–Kier alpha value is -3.73. The fourth-order valence-corrected chi connectivity index (χ4v) is 4.09. The number of nitrogens with zero attached hydrogens (tertiary/aromatic N) is 2. The number of aliphatic hydroxyl groups is 1. The molecule has 2 aromatic carbocycles. The summed E-state index contributed by atoms with van der Waals surface area (Å²) in [6, 6.07) is 8.07. The van der Waals surface area contributed by atoms with Gasteiger partial charge >= 0.3 is 6.18 Å². The number of halogens is 3. The summed E-state index contributed by atoms with van der Waals surface area (Å²) in [6.07, 6.45) is -5.34. The summed E-state index contributed by atoms with van der Waals surface area (Å²) in [4.78, 5) is 41.9. The van der Waals surface area contributed by atoms with Gasteiger partial charge in [-0.1, -0.05) is 12.1 Å². The van der Waals surface area contributed by atoms with Crippen LogP contribution in [0.25, 0.3) is 10.9 Å². The van der Waals surface area contributed by atoms with E-state index in [1.54, 1.807) is 25.1 Å². The Morgan fingerprint density at radius 3 is 2.56 bits per heavy atom. The fourth-order valence-electron chi connectivity index (χ4n) is 4.09. The van der Waals surface area contributed by atoms with E-state index >= 15 is 0 Å². The number of aromatic nitrogens is 2. The highest BCUT2D eigenvalue weighted by molar-refractivity contribution is 5.94. The van der Waals surface area contributed by atoms with Crippen LogP contribution in [0.4, 0.5) is 13.2 Å². The van der Waals surface area contributed by atoms with Crippen molar-refractivity contribution >= 4 is 22.7 Å². The third-order valence-corrected chi connectivity index (χ3v) is 5.78. The van der Waals surface area contributed by atoms with Crippen molar-refractivity contribution in [3.8, 4) is 0 Å². The molecule has 8 nitrogen and oxygen atoms in total. The zero-order valence-electron chi connectivity index (χ0n) is 18.0. The van der Waals surface area contributed by atoms with Gasteiger partial charge in [-0.15, -0.1) is 0 Å². The minimum Gasteiger partial charge on any atom is -0.372 e. The third-order valence-electron chi connectivity index (χ3n) is 5.78. The number of rotatable bonds is 4. The zero-order valence-corrected chi connectivity index (χ0v) is 18.0. The number of hydrogen-bond acceptors (Lipinski definition) is 5. The molecule has 4 rings (SSSR count). The summed E-state index contributed by atoms with van der Waals surface area (Å²) < 4.78 is 39.6. The Bertz CT molecular complexity index is 1320. The number of amides is 2. The average Bonchev–Trinajstić information content (AvgIpc) is 2.78.